The maximum Gasteiger partial charge on any atom is 0.262 e. The first-order valence-electron chi connectivity index (χ1n) is 11.0. The average Bonchev–Trinajstić information content (AvgIpc) is 2.73. The summed E-state index contributed by atoms with van der Waals surface area (Å²) < 4.78 is 1.76. The molecule has 1 aliphatic rings. The Kier molecular flexibility index (Phi) is 8.16. The van der Waals surface area contributed by atoms with Crippen molar-refractivity contribution in [1.82, 2.24) is 14.9 Å². The number of thioether (sulfide) groups is 1. The van der Waals surface area contributed by atoms with E-state index < -0.39 is 0 Å². The fraction of sp³-hybridized carbons (Fsp3) is 0.609. The monoisotopic (exact) mass is 415 g/mol. The van der Waals surface area contributed by atoms with Crippen LogP contribution in [0.5, 0.6) is 0 Å². The van der Waals surface area contributed by atoms with Crippen LogP contribution in [0.25, 0.3) is 10.9 Å². The zero-order valence-corrected chi connectivity index (χ0v) is 18.5. The van der Waals surface area contributed by atoms with E-state index in [1.165, 1.54) is 37.4 Å². The zero-order valence-electron chi connectivity index (χ0n) is 17.7. The molecule has 0 radical (unpaired) electrons. The standard InChI is InChI=1S/C23H33N3O2S/c1-3-4-5-10-15-26-22(28)18-12-7-9-14-20(18)25-23(26)29-16-21(27)24-19-13-8-6-11-17(19)2/h7,9,12,14,17,19H,3-6,8,10-11,13,15-16H2,1-2H3,(H,24,27)/t17-,19+/m1/s1. The lowest BCUT2D eigenvalue weighted by atomic mass is 9.86. The van der Waals surface area contributed by atoms with Crippen LogP contribution in [0.4, 0.5) is 0 Å². The Morgan fingerprint density at radius 1 is 1.21 bits per heavy atom. The average molecular weight is 416 g/mol. The van der Waals surface area contributed by atoms with Crippen LogP contribution < -0.4 is 10.9 Å². The first-order chi connectivity index (χ1) is 14.1. The summed E-state index contributed by atoms with van der Waals surface area (Å²) in [7, 11) is 0. The Morgan fingerprint density at radius 3 is 2.79 bits per heavy atom. The molecule has 0 spiro atoms. The lowest BCUT2D eigenvalue weighted by Crippen LogP contribution is -2.42. The number of rotatable bonds is 9. The van der Waals surface area contributed by atoms with E-state index in [-0.39, 0.29) is 17.5 Å². The highest BCUT2D eigenvalue weighted by Gasteiger charge is 2.23. The van der Waals surface area contributed by atoms with Crippen molar-refractivity contribution >= 4 is 28.6 Å². The molecule has 3 rings (SSSR count). The fourth-order valence-corrected chi connectivity index (χ4v) is 4.90. The molecule has 0 unspecified atom stereocenters. The van der Waals surface area contributed by atoms with E-state index in [1.807, 2.05) is 24.3 Å². The third-order valence-corrected chi connectivity index (χ3v) is 6.83. The van der Waals surface area contributed by atoms with Gasteiger partial charge in [-0.2, -0.15) is 0 Å². The van der Waals surface area contributed by atoms with Crippen LogP contribution in [-0.4, -0.2) is 27.3 Å². The van der Waals surface area contributed by atoms with Crippen LogP contribution in [0.2, 0.25) is 0 Å². The summed E-state index contributed by atoms with van der Waals surface area (Å²) in [5, 5.41) is 4.49. The molecular weight excluding hydrogens is 382 g/mol. The number of hydrogen-bond acceptors (Lipinski definition) is 4. The maximum absolute atomic E-state index is 13.0. The summed E-state index contributed by atoms with van der Waals surface area (Å²) in [6.07, 6.45) is 9.06. The summed E-state index contributed by atoms with van der Waals surface area (Å²) in [5.41, 5.74) is 0.696. The topological polar surface area (TPSA) is 64.0 Å². The highest BCUT2D eigenvalue weighted by Crippen LogP contribution is 2.24. The van der Waals surface area contributed by atoms with Crippen molar-refractivity contribution in [3.63, 3.8) is 0 Å². The van der Waals surface area contributed by atoms with Gasteiger partial charge >= 0.3 is 0 Å². The number of fused-ring (bicyclic) bond motifs is 1. The summed E-state index contributed by atoms with van der Waals surface area (Å²) >= 11 is 1.38. The van der Waals surface area contributed by atoms with Crippen molar-refractivity contribution in [3.05, 3.63) is 34.6 Å². The molecule has 1 aromatic heterocycles. The first kappa shape index (κ1) is 21.9. The number of carbonyl (C=O) groups is 1. The Morgan fingerprint density at radius 2 is 2.00 bits per heavy atom. The molecule has 0 bridgehead atoms. The second-order valence-corrected chi connectivity index (χ2v) is 9.10. The Bertz CT molecular complexity index is 880. The number of aromatic nitrogens is 2. The number of hydrogen-bond donors (Lipinski definition) is 1. The van der Waals surface area contributed by atoms with Crippen LogP contribution in [0.15, 0.2) is 34.2 Å². The second-order valence-electron chi connectivity index (χ2n) is 8.15. The third-order valence-electron chi connectivity index (χ3n) is 5.85. The van der Waals surface area contributed by atoms with Gasteiger partial charge < -0.3 is 5.32 Å². The molecule has 158 valence electrons. The normalized spacial score (nSPS) is 19.4. The molecule has 5 nitrogen and oxygen atoms in total. The number of unbranched alkanes of at least 4 members (excludes halogenated alkanes) is 3. The first-order valence-corrected chi connectivity index (χ1v) is 12.0. The van der Waals surface area contributed by atoms with Gasteiger partial charge in [0.15, 0.2) is 5.16 Å². The molecule has 29 heavy (non-hydrogen) atoms. The summed E-state index contributed by atoms with van der Waals surface area (Å²) in [4.78, 5) is 30.3. The SMILES string of the molecule is CCCCCCn1c(SCC(=O)N[C@H]2CCCC[C@H]2C)nc2ccccc2c1=O. The van der Waals surface area contributed by atoms with E-state index in [4.69, 9.17) is 4.98 Å². The smallest absolute Gasteiger partial charge is 0.262 e. The van der Waals surface area contributed by atoms with Gasteiger partial charge in [0.25, 0.3) is 5.56 Å². The van der Waals surface area contributed by atoms with Gasteiger partial charge in [-0.05, 0) is 37.3 Å². The van der Waals surface area contributed by atoms with Gasteiger partial charge in [-0.15, -0.1) is 0 Å². The number of para-hydroxylation sites is 1. The molecule has 1 aliphatic carbocycles. The van der Waals surface area contributed by atoms with Crippen molar-refractivity contribution in [1.29, 1.82) is 0 Å². The molecule has 1 N–H and O–H groups in total. The van der Waals surface area contributed by atoms with Crippen LogP contribution in [0, 0.1) is 5.92 Å². The van der Waals surface area contributed by atoms with Crippen molar-refractivity contribution in [2.45, 2.75) is 83.0 Å². The molecule has 1 fully saturated rings. The van der Waals surface area contributed by atoms with Crippen LogP contribution >= 0.6 is 11.8 Å². The van der Waals surface area contributed by atoms with Crippen molar-refractivity contribution in [2.24, 2.45) is 5.92 Å². The number of nitrogens with one attached hydrogen (secondary N) is 1. The number of benzene rings is 1. The van der Waals surface area contributed by atoms with E-state index in [9.17, 15) is 9.59 Å². The molecule has 0 saturated heterocycles. The minimum atomic E-state index is -0.00379. The van der Waals surface area contributed by atoms with E-state index in [2.05, 4.69) is 19.2 Å². The molecule has 1 saturated carbocycles. The molecular formula is C23H33N3O2S. The largest absolute Gasteiger partial charge is 0.352 e. The molecule has 1 amide bonds. The van der Waals surface area contributed by atoms with Crippen molar-refractivity contribution < 1.29 is 4.79 Å². The number of carbonyl (C=O) groups excluding carboxylic acids is 1. The predicted molar refractivity (Wildman–Crippen MR) is 120 cm³/mol. The number of amides is 1. The molecule has 1 heterocycles. The molecule has 1 aromatic carbocycles. The van der Waals surface area contributed by atoms with Gasteiger partial charge in [0.05, 0.1) is 16.7 Å². The quantitative estimate of drug-likeness (QED) is 0.364. The van der Waals surface area contributed by atoms with Gasteiger partial charge in [-0.3, -0.25) is 14.2 Å². The fourth-order valence-electron chi connectivity index (χ4n) is 4.06. The van der Waals surface area contributed by atoms with Crippen LogP contribution in [-0.2, 0) is 11.3 Å². The molecule has 2 aromatic rings. The predicted octanol–water partition coefficient (Wildman–Crippen LogP) is 4.76. The molecule has 0 aliphatic heterocycles. The Labute approximate surface area is 177 Å². The minimum Gasteiger partial charge on any atom is -0.352 e. The summed E-state index contributed by atoms with van der Waals surface area (Å²) in [5.74, 6) is 0.866. The van der Waals surface area contributed by atoms with Crippen LogP contribution in [0.3, 0.4) is 0 Å². The van der Waals surface area contributed by atoms with Crippen LogP contribution in [0.1, 0.15) is 65.2 Å². The van der Waals surface area contributed by atoms with E-state index >= 15 is 0 Å². The van der Waals surface area contributed by atoms with Gasteiger partial charge in [0, 0.05) is 12.6 Å². The van der Waals surface area contributed by atoms with E-state index in [1.54, 1.807) is 4.57 Å². The summed E-state index contributed by atoms with van der Waals surface area (Å²) in [6, 6.07) is 7.74. The number of nitrogens with zero attached hydrogens (tertiary/aromatic N) is 2. The molecule has 6 heteroatoms. The maximum atomic E-state index is 13.0. The Hall–Kier alpha value is -1.82. The lowest BCUT2D eigenvalue weighted by molar-refractivity contribution is -0.119. The van der Waals surface area contributed by atoms with Crippen molar-refractivity contribution in [3.8, 4) is 0 Å². The summed E-state index contributed by atoms with van der Waals surface area (Å²) in [6.45, 7) is 5.05. The van der Waals surface area contributed by atoms with E-state index in [0.717, 1.165) is 25.7 Å². The zero-order chi connectivity index (χ0) is 20.6. The second kappa shape index (κ2) is 10.8. The highest BCUT2D eigenvalue weighted by molar-refractivity contribution is 7.99. The van der Waals surface area contributed by atoms with Gasteiger partial charge in [-0.1, -0.05) is 69.8 Å². The Balaban J connectivity index is 1.72. The van der Waals surface area contributed by atoms with Crippen molar-refractivity contribution in [2.75, 3.05) is 5.75 Å². The lowest BCUT2D eigenvalue weighted by Gasteiger charge is -2.29. The minimum absolute atomic E-state index is 0.00379. The van der Waals surface area contributed by atoms with E-state index in [0.29, 0.717) is 34.3 Å². The highest BCUT2D eigenvalue weighted by atomic mass is 32.2. The molecule has 2 atom stereocenters. The van der Waals surface area contributed by atoms with Gasteiger partial charge in [-0.25, -0.2) is 4.98 Å². The third kappa shape index (κ3) is 5.84. The van der Waals surface area contributed by atoms with Gasteiger partial charge in [0.2, 0.25) is 5.91 Å². The van der Waals surface area contributed by atoms with Gasteiger partial charge in [0.1, 0.15) is 0 Å².